The number of benzene rings is 1. The van der Waals surface area contributed by atoms with E-state index >= 15 is 0 Å². The van der Waals surface area contributed by atoms with Crippen molar-refractivity contribution in [2.45, 2.75) is 17.9 Å². The van der Waals surface area contributed by atoms with Gasteiger partial charge in [0, 0.05) is 35.5 Å². The van der Waals surface area contributed by atoms with Gasteiger partial charge >= 0.3 is 0 Å². The second-order valence-corrected chi connectivity index (χ2v) is 11.0. The molecule has 4 rings (SSSR count). The summed E-state index contributed by atoms with van der Waals surface area (Å²) in [5.41, 5.74) is 2.35. The van der Waals surface area contributed by atoms with Crippen molar-refractivity contribution in [3.8, 4) is 29.5 Å². The normalized spacial score (nSPS) is 13.6. The topological polar surface area (TPSA) is 123 Å². The number of nitrogens with zero attached hydrogens (tertiary/aromatic N) is 5. The molecule has 0 amide bonds. The first kappa shape index (κ1) is 30.9. The lowest BCUT2D eigenvalue weighted by Crippen LogP contribution is -2.39. The van der Waals surface area contributed by atoms with Gasteiger partial charge in [-0.2, -0.15) is 10.2 Å². The second-order valence-electron chi connectivity index (χ2n) is 10.0. The van der Waals surface area contributed by atoms with Crippen LogP contribution in [0, 0.1) is 11.3 Å². The van der Waals surface area contributed by atoms with Crippen molar-refractivity contribution in [3.63, 3.8) is 0 Å². The minimum atomic E-state index is -1.56. The van der Waals surface area contributed by atoms with Crippen molar-refractivity contribution in [3.05, 3.63) is 70.9 Å². The SMILES string of the molecule is COc1cnc(PC)c(C(c2cc3cc(C#N)ccc3nc2OC)C(O)(CCN(C)C)c2cc(OC)nc(OC)c2)c1. The Morgan fingerprint density at radius 3 is 2.24 bits per heavy atom. The second kappa shape index (κ2) is 13.3. The van der Waals surface area contributed by atoms with Gasteiger partial charge < -0.3 is 29.0 Å². The smallest absolute Gasteiger partial charge is 0.217 e. The van der Waals surface area contributed by atoms with Crippen LogP contribution in [0.5, 0.6) is 23.4 Å². The summed E-state index contributed by atoms with van der Waals surface area (Å²) in [6.07, 6.45) is 1.99. The van der Waals surface area contributed by atoms with Gasteiger partial charge in [0.1, 0.15) is 11.4 Å². The van der Waals surface area contributed by atoms with Gasteiger partial charge in [-0.3, -0.25) is 4.98 Å². The number of hydrogen-bond acceptors (Lipinski definition) is 10. The maximum atomic E-state index is 13.1. The van der Waals surface area contributed by atoms with Crippen LogP contribution in [0.1, 0.15) is 34.6 Å². The number of pyridine rings is 3. The zero-order chi connectivity index (χ0) is 30.4. The molecule has 42 heavy (non-hydrogen) atoms. The molecule has 3 heterocycles. The summed E-state index contributed by atoms with van der Waals surface area (Å²) < 4.78 is 22.5. The fraction of sp³-hybridized carbons (Fsp3) is 0.355. The molecular formula is C31H36N5O5P. The molecule has 0 bridgehead atoms. The Labute approximate surface area is 248 Å². The Morgan fingerprint density at radius 1 is 0.952 bits per heavy atom. The molecule has 11 heteroatoms. The van der Waals surface area contributed by atoms with E-state index in [2.05, 4.69) is 11.1 Å². The summed E-state index contributed by atoms with van der Waals surface area (Å²) >= 11 is 0. The van der Waals surface area contributed by atoms with Crippen molar-refractivity contribution in [1.29, 1.82) is 5.26 Å². The van der Waals surface area contributed by atoms with E-state index in [0.29, 0.717) is 67.1 Å². The highest BCUT2D eigenvalue weighted by Crippen LogP contribution is 2.49. The maximum absolute atomic E-state index is 13.1. The summed E-state index contributed by atoms with van der Waals surface area (Å²) in [6.45, 7) is 2.59. The van der Waals surface area contributed by atoms with Crippen LogP contribution >= 0.6 is 8.58 Å². The van der Waals surface area contributed by atoms with Crippen LogP contribution in [0.2, 0.25) is 0 Å². The number of nitriles is 1. The number of hydrogen-bond donors (Lipinski definition) is 1. The first-order chi connectivity index (χ1) is 20.2. The van der Waals surface area contributed by atoms with Crippen LogP contribution in [0.25, 0.3) is 10.9 Å². The van der Waals surface area contributed by atoms with Gasteiger partial charge in [0.2, 0.25) is 17.6 Å². The lowest BCUT2D eigenvalue weighted by Gasteiger charge is -2.39. The molecule has 0 radical (unpaired) electrons. The molecule has 0 aliphatic rings. The molecular weight excluding hydrogens is 553 g/mol. The number of aromatic nitrogens is 3. The van der Waals surface area contributed by atoms with Crippen LogP contribution < -0.4 is 24.4 Å². The minimum absolute atomic E-state index is 0.301. The van der Waals surface area contributed by atoms with Gasteiger partial charge in [0.25, 0.3) is 0 Å². The third-order valence-electron chi connectivity index (χ3n) is 7.23. The molecule has 0 saturated carbocycles. The zero-order valence-corrected chi connectivity index (χ0v) is 25.9. The third-order valence-corrected chi connectivity index (χ3v) is 8.12. The molecule has 4 aromatic rings. The van der Waals surface area contributed by atoms with E-state index in [-0.39, 0.29) is 0 Å². The molecule has 10 nitrogen and oxygen atoms in total. The molecule has 3 atom stereocenters. The monoisotopic (exact) mass is 589 g/mol. The predicted octanol–water partition coefficient (Wildman–Crippen LogP) is 3.84. The largest absolute Gasteiger partial charge is 0.495 e. The Hall–Kier alpha value is -4.03. The highest BCUT2D eigenvalue weighted by molar-refractivity contribution is 7.46. The molecule has 1 N–H and O–H groups in total. The number of methoxy groups -OCH3 is 4. The summed E-state index contributed by atoms with van der Waals surface area (Å²) in [6, 6.07) is 14.8. The Morgan fingerprint density at radius 2 is 1.67 bits per heavy atom. The lowest BCUT2D eigenvalue weighted by molar-refractivity contribution is 0.00347. The fourth-order valence-electron chi connectivity index (χ4n) is 5.09. The summed E-state index contributed by atoms with van der Waals surface area (Å²) in [7, 11) is 10.4. The number of fused-ring (bicyclic) bond motifs is 1. The van der Waals surface area contributed by atoms with E-state index in [0.717, 1.165) is 16.4 Å². The van der Waals surface area contributed by atoms with Gasteiger partial charge in [-0.25, -0.2) is 4.98 Å². The van der Waals surface area contributed by atoms with Crippen LogP contribution in [-0.2, 0) is 5.60 Å². The molecule has 0 aliphatic heterocycles. The number of aliphatic hydroxyl groups is 1. The average Bonchev–Trinajstić information content (AvgIpc) is 3.02. The molecule has 0 aliphatic carbocycles. The number of ether oxygens (including phenoxy) is 4. The van der Waals surface area contributed by atoms with Crippen molar-refractivity contribution in [2.75, 3.05) is 55.7 Å². The standard InChI is InChI=1S/C31H36N5O5P/c1-36(2)11-10-31(37,21-14-26(39-4)35-27(15-21)40-5)28(24-16-22(38-3)18-33-30(24)42-7)23-13-20-12-19(17-32)8-9-25(20)34-29(23)41-6/h8-9,12-16,18,28,37,42H,10-11H2,1-7H3. The molecule has 0 spiro atoms. The average molecular weight is 590 g/mol. The van der Waals surface area contributed by atoms with E-state index in [1.165, 1.54) is 14.2 Å². The maximum Gasteiger partial charge on any atom is 0.217 e. The van der Waals surface area contributed by atoms with Gasteiger partial charge in [-0.05, 0) is 68.6 Å². The summed E-state index contributed by atoms with van der Waals surface area (Å²) in [4.78, 5) is 15.9. The molecule has 0 saturated heterocycles. The predicted molar refractivity (Wildman–Crippen MR) is 164 cm³/mol. The van der Waals surface area contributed by atoms with Crippen LogP contribution in [-0.4, -0.2) is 80.7 Å². The van der Waals surface area contributed by atoms with E-state index in [1.807, 2.05) is 37.8 Å². The van der Waals surface area contributed by atoms with Gasteiger partial charge in [-0.15, -0.1) is 0 Å². The first-order valence-electron chi connectivity index (χ1n) is 13.3. The summed E-state index contributed by atoms with van der Waals surface area (Å²) in [5, 5.41) is 23.5. The molecule has 220 valence electrons. The Balaban J connectivity index is 2.15. The summed E-state index contributed by atoms with van der Waals surface area (Å²) in [5.74, 6) is 0.764. The van der Waals surface area contributed by atoms with E-state index in [4.69, 9.17) is 28.9 Å². The van der Waals surface area contributed by atoms with Gasteiger partial charge in [0.15, 0.2) is 0 Å². The highest BCUT2D eigenvalue weighted by Gasteiger charge is 2.44. The lowest BCUT2D eigenvalue weighted by atomic mass is 9.72. The van der Waals surface area contributed by atoms with Crippen molar-refractivity contribution in [1.82, 2.24) is 19.9 Å². The minimum Gasteiger partial charge on any atom is -0.495 e. The van der Waals surface area contributed by atoms with Crippen molar-refractivity contribution >= 4 is 24.9 Å². The quantitative estimate of drug-likeness (QED) is 0.244. The van der Waals surface area contributed by atoms with Crippen LogP contribution in [0.15, 0.2) is 48.7 Å². The zero-order valence-electron chi connectivity index (χ0n) is 24.9. The molecule has 0 fully saturated rings. The van der Waals surface area contributed by atoms with E-state index < -0.39 is 11.5 Å². The van der Waals surface area contributed by atoms with Crippen LogP contribution in [0.3, 0.4) is 0 Å². The molecule has 1 aromatic carbocycles. The molecule has 3 unspecified atom stereocenters. The van der Waals surface area contributed by atoms with Gasteiger partial charge in [-0.1, -0.05) is 8.58 Å². The third kappa shape index (κ3) is 6.24. The Kier molecular flexibility index (Phi) is 9.79. The first-order valence-corrected chi connectivity index (χ1v) is 14.8. The van der Waals surface area contributed by atoms with E-state index in [9.17, 15) is 10.4 Å². The highest BCUT2D eigenvalue weighted by atomic mass is 31.1. The van der Waals surface area contributed by atoms with Crippen LogP contribution in [0.4, 0.5) is 0 Å². The van der Waals surface area contributed by atoms with Crippen molar-refractivity contribution < 1.29 is 24.1 Å². The van der Waals surface area contributed by atoms with E-state index in [1.54, 1.807) is 50.7 Å². The number of rotatable bonds is 12. The fourth-order valence-corrected chi connectivity index (χ4v) is 5.79. The Bertz CT molecular complexity index is 1590. The molecule has 3 aromatic heterocycles. The van der Waals surface area contributed by atoms with Gasteiger partial charge in [0.05, 0.1) is 57.2 Å². The van der Waals surface area contributed by atoms with Crippen molar-refractivity contribution in [2.24, 2.45) is 0 Å².